The van der Waals surface area contributed by atoms with Crippen molar-refractivity contribution in [2.75, 3.05) is 0 Å². The first-order chi connectivity index (χ1) is 9.62. The Bertz CT molecular complexity index is 520. The molecule has 0 bridgehead atoms. The maximum atomic E-state index is 9.27. The second-order valence-electron chi connectivity index (χ2n) is 5.03. The van der Waals surface area contributed by atoms with Gasteiger partial charge in [0, 0.05) is 0 Å². The number of nitriles is 1. The molecule has 1 aromatic rings. The Morgan fingerprint density at radius 3 is 2.70 bits per heavy atom. The van der Waals surface area contributed by atoms with Crippen LogP contribution in [-0.4, -0.2) is 0 Å². The van der Waals surface area contributed by atoms with Crippen molar-refractivity contribution in [2.24, 2.45) is 5.92 Å². The van der Waals surface area contributed by atoms with Crippen LogP contribution in [0, 0.1) is 17.2 Å². The summed E-state index contributed by atoms with van der Waals surface area (Å²) in [5.41, 5.74) is 1.01. The standard InChI is InChI=1S/C18H23NO/c1-5-7-10-16(6-2)20-17-11-8-9-15(12-17)18(13-19)14(3)4/h6-12,14,18H,5H2,1-4H3/b10-7-,16-6+. The molecule has 0 aromatic heterocycles. The minimum Gasteiger partial charge on any atom is -0.458 e. The summed E-state index contributed by atoms with van der Waals surface area (Å²) >= 11 is 0. The van der Waals surface area contributed by atoms with Gasteiger partial charge in [0.25, 0.3) is 0 Å². The van der Waals surface area contributed by atoms with Gasteiger partial charge in [0.15, 0.2) is 0 Å². The van der Waals surface area contributed by atoms with Gasteiger partial charge in [-0.15, -0.1) is 0 Å². The van der Waals surface area contributed by atoms with Crippen LogP contribution in [0.1, 0.15) is 45.6 Å². The predicted octanol–water partition coefficient (Wildman–Crippen LogP) is 5.20. The van der Waals surface area contributed by atoms with Gasteiger partial charge >= 0.3 is 0 Å². The molecule has 1 rings (SSSR count). The van der Waals surface area contributed by atoms with E-state index in [-0.39, 0.29) is 11.8 Å². The van der Waals surface area contributed by atoms with Crippen LogP contribution < -0.4 is 4.74 Å². The number of rotatable bonds is 6. The lowest BCUT2D eigenvalue weighted by Gasteiger charge is -2.14. The van der Waals surface area contributed by atoms with Crippen LogP contribution in [0.3, 0.4) is 0 Å². The van der Waals surface area contributed by atoms with Crippen LogP contribution in [0.2, 0.25) is 0 Å². The van der Waals surface area contributed by atoms with Gasteiger partial charge in [0.05, 0.1) is 12.0 Å². The average molecular weight is 269 g/mol. The van der Waals surface area contributed by atoms with Crippen molar-refractivity contribution in [3.05, 3.63) is 53.8 Å². The van der Waals surface area contributed by atoms with E-state index >= 15 is 0 Å². The lowest BCUT2D eigenvalue weighted by molar-refractivity contribution is 0.441. The lowest BCUT2D eigenvalue weighted by Crippen LogP contribution is -2.04. The summed E-state index contributed by atoms with van der Waals surface area (Å²) in [5, 5.41) is 9.27. The lowest BCUT2D eigenvalue weighted by atomic mass is 9.90. The summed E-state index contributed by atoms with van der Waals surface area (Å²) in [7, 11) is 0. The summed E-state index contributed by atoms with van der Waals surface area (Å²) in [5.74, 6) is 1.79. The van der Waals surface area contributed by atoms with Gasteiger partial charge in [-0.05, 0) is 49.1 Å². The van der Waals surface area contributed by atoms with E-state index in [0.29, 0.717) is 0 Å². The zero-order chi connectivity index (χ0) is 15.0. The topological polar surface area (TPSA) is 33.0 Å². The Morgan fingerprint density at radius 1 is 1.40 bits per heavy atom. The Hall–Kier alpha value is -2.01. The van der Waals surface area contributed by atoms with Crippen molar-refractivity contribution in [3.63, 3.8) is 0 Å². The van der Waals surface area contributed by atoms with E-state index in [1.807, 2.05) is 43.3 Å². The van der Waals surface area contributed by atoms with E-state index in [1.54, 1.807) is 0 Å². The van der Waals surface area contributed by atoms with E-state index in [2.05, 4.69) is 32.9 Å². The number of nitrogens with zero attached hydrogens (tertiary/aromatic N) is 1. The van der Waals surface area contributed by atoms with Gasteiger partial charge in [-0.25, -0.2) is 0 Å². The highest BCUT2D eigenvalue weighted by Crippen LogP contribution is 2.27. The summed E-state index contributed by atoms with van der Waals surface area (Å²) in [6.07, 6.45) is 6.94. The second-order valence-corrected chi connectivity index (χ2v) is 5.03. The molecular formula is C18H23NO. The summed E-state index contributed by atoms with van der Waals surface area (Å²) in [6, 6.07) is 10.2. The first-order valence-electron chi connectivity index (χ1n) is 7.12. The number of hydrogen-bond donors (Lipinski definition) is 0. The van der Waals surface area contributed by atoms with Crippen molar-refractivity contribution in [1.82, 2.24) is 0 Å². The van der Waals surface area contributed by atoms with E-state index < -0.39 is 0 Å². The predicted molar refractivity (Wildman–Crippen MR) is 83.5 cm³/mol. The molecule has 0 spiro atoms. The molecule has 0 amide bonds. The van der Waals surface area contributed by atoms with Gasteiger partial charge in [-0.3, -0.25) is 0 Å². The van der Waals surface area contributed by atoms with Crippen molar-refractivity contribution in [3.8, 4) is 11.8 Å². The Labute approximate surface area is 122 Å². The molecule has 2 nitrogen and oxygen atoms in total. The van der Waals surface area contributed by atoms with E-state index in [1.165, 1.54) is 0 Å². The highest BCUT2D eigenvalue weighted by atomic mass is 16.5. The van der Waals surface area contributed by atoms with Crippen molar-refractivity contribution in [1.29, 1.82) is 5.26 Å². The minimum atomic E-state index is -0.0983. The van der Waals surface area contributed by atoms with Crippen LogP contribution in [0.25, 0.3) is 0 Å². The fraction of sp³-hybridized carbons (Fsp3) is 0.389. The van der Waals surface area contributed by atoms with Crippen LogP contribution in [0.5, 0.6) is 5.75 Å². The molecular weight excluding hydrogens is 246 g/mol. The second kappa shape index (κ2) is 8.22. The SMILES string of the molecule is C/C=C(\C=C/CC)Oc1cccc(C(C#N)C(C)C)c1. The molecule has 0 fully saturated rings. The normalized spacial score (nSPS) is 13.5. The molecule has 0 aliphatic carbocycles. The molecule has 1 atom stereocenters. The van der Waals surface area contributed by atoms with E-state index in [0.717, 1.165) is 23.5 Å². The molecule has 0 N–H and O–H groups in total. The number of hydrogen-bond acceptors (Lipinski definition) is 2. The summed E-state index contributed by atoms with van der Waals surface area (Å²) in [6.45, 7) is 8.15. The minimum absolute atomic E-state index is 0.0983. The molecule has 20 heavy (non-hydrogen) atoms. The van der Waals surface area contributed by atoms with Crippen molar-refractivity contribution in [2.45, 2.75) is 40.0 Å². The molecule has 0 aliphatic rings. The molecule has 0 heterocycles. The highest BCUT2D eigenvalue weighted by molar-refractivity contribution is 5.35. The maximum Gasteiger partial charge on any atom is 0.127 e. The van der Waals surface area contributed by atoms with Gasteiger partial charge < -0.3 is 4.74 Å². The molecule has 1 aromatic carbocycles. The van der Waals surface area contributed by atoms with Crippen LogP contribution >= 0.6 is 0 Å². The quantitative estimate of drug-likeness (QED) is 0.525. The highest BCUT2D eigenvalue weighted by Gasteiger charge is 2.15. The van der Waals surface area contributed by atoms with Crippen LogP contribution in [0.15, 0.2) is 48.3 Å². The monoisotopic (exact) mass is 269 g/mol. The Balaban J connectivity index is 2.94. The molecule has 0 saturated heterocycles. The molecule has 0 saturated carbocycles. The zero-order valence-corrected chi connectivity index (χ0v) is 12.8. The van der Waals surface area contributed by atoms with Gasteiger partial charge in [0.1, 0.15) is 11.5 Å². The third kappa shape index (κ3) is 4.59. The first-order valence-corrected chi connectivity index (χ1v) is 7.12. The van der Waals surface area contributed by atoms with E-state index in [9.17, 15) is 5.26 Å². The Kier molecular flexibility index (Phi) is 6.59. The fourth-order valence-electron chi connectivity index (χ4n) is 1.94. The van der Waals surface area contributed by atoms with Crippen LogP contribution in [0.4, 0.5) is 0 Å². The molecule has 1 unspecified atom stereocenters. The average Bonchev–Trinajstić information content (AvgIpc) is 2.44. The number of benzene rings is 1. The van der Waals surface area contributed by atoms with Crippen molar-refractivity contribution < 1.29 is 4.74 Å². The molecule has 106 valence electrons. The van der Waals surface area contributed by atoms with Gasteiger partial charge in [-0.1, -0.05) is 39.0 Å². The maximum absolute atomic E-state index is 9.27. The smallest absolute Gasteiger partial charge is 0.127 e. The van der Waals surface area contributed by atoms with Gasteiger partial charge in [-0.2, -0.15) is 5.26 Å². The molecule has 0 aliphatic heterocycles. The zero-order valence-electron chi connectivity index (χ0n) is 12.8. The number of ether oxygens (including phenoxy) is 1. The molecule has 2 heteroatoms. The third-order valence-electron chi connectivity index (χ3n) is 3.06. The van der Waals surface area contributed by atoms with E-state index in [4.69, 9.17) is 4.74 Å². The van der Waals surface area contributed by atoms with Crippen LogP contribution in [-0.2, 0) is 0 Å². The Morgan fingerprint density at radius 2 is 2.15 bits per heavy atom. The van der Waals surface area contributed by atoms with Crippen molar-refractivity contribution >= 4 is 0 Å². The fourth-order valence-corrected chi connectivity index (χ4v) is 1.94. The van der Waals surface area contributed by atoms with Gasteiger partial charge in [0.2, 0.25) is 0 Å². The third-order valence-corrected chi connectivity index (χ3v) is 3.06. The summed E-state index contributed by atoms with van der Waals surface area (Å²) < 4.78 is 5.85. The first kappa shape index (κ1) is 16.0. The largest absolute Gasteiger partial charge is 0.458 e. The number of allylic oxidation sites excluding steroid dienone is 3. The summed E-state index contributed by atoms with van der Waals surface area (Å²) in [4.78, 5) is 0. The molecule has 0 radical (unpaired) electrons.